The lowest BCUT2D eigenvalue weighted by molar-refractivity contribution is 0.589. The monoisotopic (exact) mass is 367 g/mol. The predicted molar refractivity (Wildman–Crippen MR) is 87.3 cm³/mol. The maximum atomic E-state index is 14.1. The van der Waals surface area contributed by atoms with Gasteiger partial charge in [-0.3, -0.25) is 4.99 Å². The second kappa shape index (κ2) is 5.66. The van der Waals surface area contributed by atoms with Crippen molar-refractivity contribution in [2.24, 2.45) is 10.7 Å². The molecule has 1 aliphatic heterocycles. The Morgan fingerprint density at radius 2 is 1.95 bits per heavy atom. The molecular formula is C15H12BrClFN3. The van der Waals surface area contributed by atoms with Crippen molar-refractivity contribution in [3.63, 3.8) is 0 Å². The van der Waals surface area contributed by atoms with E-state index in [1.54, 1.807) is 24.3 Å². The Labute approximate surface area is 135 Å². The molecule has 1 unspecified atom stereocenters. The summed E-state index contributed by atoms with van der Waals surface area (Å²) in [5.74, 6) is 0.105. The van der Waals surface area contributed by atoms with Crippen LogP contribution in [0, 0.1) is 5.82 Å². The van der Waals surface area contributed by atoms with Crippen LogP contribution in [0.4, 0.5) is 10.1 Å². The number of anilines is 1. The number of halogens is 3. The summed E-state index contributed by atoms with van der Waals surface area (Å²) in [5.41, 5.74) is 7.37. The van der Waals surface area contributed by atoms with E-state index in [2.05, 4.69) is 20.9 Å². The van der Waals surface area contributed by atoms with Crippen LogP contribution in [0.3, 0.4) is 0 Å². The van der Waals surface area contributed by atoms with Crippen LogP contribution in [-0.2, 0) is 0 Å². The molecule has 1 atom stereocenters. The van der Waals surface area contributed by atoms with Crippen LogP contribution in [0.15, 0.2) is 51.9 Å². The summed E-state index contributed by atoms with van der Waals surface area (Å²) in [4.78, 5) is 6.07. The third-order valence-electron chi connectivity index (χ3n) is 3.41. The number of guanidine groups is 1. The molecule has 0 spiro atoms. The highest BCUT2D eigenvalue weighted by molar-refractivity contribution is 9.10. The highest BCUT2D eigenvalue weighted by Crippen LogP contribution is 2.34. The Bertz CT molecular complexity index is 703. The van der Waals surface area contributed by atoms with Gasteiger partial charge in [0.15, 0.2) is 5.96 Å². The summed E-state index contributed by atoms with van der Waals surface area (Å²) < 4.78 is 15.0. The lowest BCUT2D eigenvalue weighted by Crippen LogP contribution is -2.36. The van der Waals surface area contributed by atoms with Crippen molar-refractivity contribution < 1.29 is 4.39 Å². The molecule has 0 radical (unpaired) electrons. The molecule has 2 aromatic carbocycles. The number of hydrogen-bond acceptors (Lipinski definition) is 3. The summed E-state index contributed by atoms with van der Waals surface area (Å²) in [6.07, 6.45) is 0. The SMILES string of the molecule is NC1=NCC(c2cc(Br)ccc2F)N1c1ccc(Cl)cc1. The van der Waals surface area contributed by atoms with Crippen LogP contribution in [0.1, 0.15) is 11.6 Å². The van der Waals surface area contributed by atoms with E-state index >= 15 is 0 Å². The van der Waals surface area contributed by atoms with Crippen molar-refractivity contribution in [2.45, 2.75) is 6.04 Å². The van der Waals surface area contributed by atoms with Crippen LogP contribution in [-0.4, -0.2) is 12.5 Å². The van der Waals surface area contributed by atoms with Gasteiger partial charge in [0.25, 0.3) is 0 Å². The van der Waals surface area contributed by atoms with Crippen molar-refractivity contribution >= 4 is 39.2 Å². The number of aliphatic imine (C=N–C) groups is 1. The third-order valence-corrected chi connectivity index (χ3v) is 4.15. The van der Waals surface area contributed by atoms with Gasteiger partial charge < -0.3 is 10.6 Å². The Balaban J connectivity index is 2.02. The molecule has 2 N–H and O–H groups in total. The zero-order valence-corrected chi connectivity index (χ0v) is 13.3. The van der Waals surface area contributed by atoms with Gasteiger partial charge >= 0.3 is 0 Å². The van der Waals surface area contributed by atoms with Gasteiger partial charge in [-0.05, 0) is 42.5 Å². The molecular weight excluding hydrogens is 357 g/mol. The molecule has 1 heterocycles. The van der Waals surface area contributed by atoms with Crippen LogP contribution >= 0.6 is 27.5 Å². The third kappa shape index (κ3) is 2.76. The Morgan fingerprint density at radius 3 is 2.67 bits per heavy atom. The molecule has 0 saturated heterocycles. The summed E-state index contributed by atoms with van der Waals surface area (Å²) in [5, 5.41) is 0.638. The van der Waals surface area contributed by atoms with Crippen molar-refractivity contribution in [2.75, 3.05) is 11.4 Å². The van der Waals surface area contributed by atoms with Gasteiger partial charge in [0.1, 0.15) is 5.82 Å². The van der Waals surface area contributed by atoms with E-state index in [0.29, 0.717) is 23.1 Å². The minimum absolute atomic E-state index is 0.260. The zero-order chi connectivity index (χ0) is 15.0. The highest BCUT2D eigenvalue weighted by atomic mass is 79.9. The number of benzene rings is 2. The second-order valence-corrected chi connectivity index (χ2v) is 6.08. The average Bonchev–Trinajstić information content (AvgIpc) is 2.84. The first-order chi connectivity index (χ1) is 10.1. The molecule has 3 rings (SSSR count). The van der Waals surface area contributed by atoms with Crippen LogP contribution in [0.5, 0.6) is 0 Å². The quantitative estimate of drug-likeness (QED) is 0.866. The van der Waals surface area contributed by atoms with Crippen molar-refractivity contribution in [1.82, 2.24) is 0 Å². The van der Waals surface area contributed by atoms with Gasteiger partial charge in [-0.25, -0.2) is 4.39 Å². The Morgan fingerprint density at radius 1 is 1.24 bits per heavy atom. The molecule has 6 heteroatoms. The van der Waals surface area contributed by atoms with Gasteiger partial charge in [-0.2, -0.15) is 0 Å². The summed E-state index contributed by atoms with van der Waals surface area (Å²) in [7, 11) is 0. The van der Waals surface area contributed by atoms with E-state index < -0.39 is 0 Å². The molecule has 0 fully saturated rings. The lowest BCUT2D eigenvalue weighted by Gasteiger charge is -2.27. The smallest absolute Gasteiger partial charge is 0.196 e. The van der Waals surface area contributed by atoms with Gasteiger partial charge in [-0.1, -0.05) is 27.5 Å². The normalized spacial score (nSPS) is 18.0. The Kier molecular flexibility index (Phi) is 3.87. The van der Waals surface area contributed by atoms with E-state index in [-0.39, 0.29) is 11.9 Å². The zero-order valence-electron chi connectivity index (χ0n) is 10.9. The molecule has 0 bridgehead atoms. The Hall–Kier alpha value is -1.59. The van der Waals surface area contributed by atoms with E-state index in [1.165, 1.54) is 6.07 Å². The second-order valence-electron chi connectivity index (χ2n) is 4.73. The standard InChI is InChI=1S/C15H12BrClFN3/c16-9-1-6-13(18)12(7-9)14-8-20-15(19)21(14)11-4-2-10(17)3-5-11/h1-7,14H,8H2,(H2,19,20). The average molecular weight is 369 g/mol. The van der Waals surface area contributed by atoms with E-state index in [1.807, 2.05) is 17.0 Å². The topological polar surface area (TPSA) is 41.6 Å². The molecule has 2 aromatic rings. The van der Waals surface area contributed by atoms with Gasteiger partial charge in [0.2, 0.25) is 0 Å². The highest BCUT2D eigenvalue weighted by Gasteiger charge is 2.30. The maximum absolute atomic E-state index is 14.1. The summed E-state index contributed by atoms with van der Waals surface area (Å²) >= 11 is 9.28. The van der Waals surface area contributed by atoms with E-state index in [9.17, 15) is 4.39 Å². The van der Waals surface area contributed by atoms with Crippen LogP contribution in [0.25, 0.3) is 0 Å². The minimum Gasteiger partial charge on any atom is -0.369 e. The summed E-state index contributed by atoms with van der Waals surface area (Å²) in [6, 6.07) is 11.9. The predicted octanol–water partition coefficient (Wildman–Crippen LogP) is 4.12. The van der Waals surface area contributed by atoms with Crippen molar-refractivity contribution in [3.8, 4) is 0 Å². The van der Waals surface area contributed by atoms with E-state index in [0.717, 1.165) is 10.2 Å². The molecule has 1 aliphatic rings. The molecule has 0 aromatic heterocycles. The van der Waals surface area contributed by atoms with Crippen molar-refractivity contribution in [1.29, 1.82) is 0 Å². The van der Waals surface area contributed by atoms with Crippen LogP contribution in [0.2, 0.25) is 5.02 Å². The molecule has 0 amide bonds. The number of nitrogens with two attached hydrogens (primary N) is 1. The largest absolute Gasteiger partial charge is 0.369 e. The minimum atomic E-state index is -0.271. The first-order valence-electron chi connectivity index (χ1n) is 6.36. The van der Waals surface area contributed by atoms with Crippen LogP contribution < -0.4 is 10.6 Å². The molecule has 108 valence electrons. The summed E-state index contributed by atoms with van der Waals surface area (Å²) in [6.45, 7) is 0.418. The fourth-order valence-corrected chi connectivity index (χ4v) is 2.92. The van der Waals surface area contributed by atoms with Gasteiger partial charge in [-0.15, -0.1) is 0 Å². The molecule has 21 heavy (non-hydrogen) atoms. The molecule has 3 nitrogen and oxygen atoms in total. The fraction of sp³-hybridized carbons (Fsp3) is 0.133. The molecule has 0 saturated carbocycles. The fourth-order valence-electron chi connectivity index (χ4n) is 2.42. The maximum Gasteiger partial charge on any atom is 0.196 e. The van der Waals surface area contributed by atoms with Crippen molar-refractivity contribution in [3.05, 3.63) is 63.3 Å². The lowest BCUT2D eigenvalue weighted by atomic mass is 10.0. The number of nitrogens with zero attached hydrogens (tertiary/aromatic N) is 2. The number of rotatable bonds is 2. The molecule has 0 aliphatic carbocycles. The van der Waals surface area contributed by atoms with Gasteiger partial charge in [0, 0.05) is 20.7 Å². The van der Waals surface area contributed by atoms with E-state index in [4.69, 9.17) is 17.3 Å². The number of hydrogen-bond donors (Lipinski definition) is 1. The van der Waals surface area contributed by atoms with Gasteiger partial charge in [0.05, 0.1) is 12.6 Å². The first kappa shape index (κ1) is 14.4. The first-order valence-corrected chi connectivity index (χ1v) is 7.53.